The molecule has 0 saturated heterocycles. The average Bonchev–Trinajstić information content (AvgIpc) is 2.47. The summed E-state index contributed by atoms with van der Waals surface area (Å²) in [6, 6.07) is 10.9. The van der Waals surface area contributed by atoms with Crippen LogP contribution in [0, 0.1) is 6.92 Å². The number of anilines is 1. The van der Waals surface area contributed by atoms with Gasteiger partial charge in [-0.1, -0.05) is 6.07 Å². The van der Waals surface area contributed by atoms with Gasteiger partial charge in [0.15, 0.2) is 5.65 Å². The molecular formula is C15H14N4O. The molecule has 2 aromatic heterocycles. The molecule has 0 fully saturated rings. The first kappa shape index (κ1) is 12.3. The first-order valence-corrected chi connectivity index (χ1v) is 6.32. The minimum atomic E-state index is -0.108. The van der Waals surface area contributed by atoms with E-state index >= 15 is 0 Å². The van der Waals surface area contributed by atoms with Crippen molar-refractivity contribution in [1.82, 2.24) is 14.5 Å². The van der Waals surface area contributed by atoms with Crippen LogP contribution < -0.4 is 10.9 Å². The second-order valence-corrected chi connectivity index (χ2v) is 4.50. The highest BCUT2D eigenvalue weighted by Crippen LogP contribution is 2.17. The quantitative estimate of drug-likeness (QED) is 0.772. The molecule has 1 aromatic carbocycles. The van der Waals surface area contributed by atoms with Gasteiger partial charge >= 0.3 is 0 Å². The Morgan fingerprint density at radius 1 is 1.20 bits per heavy atom. The topological polar surface area (TPSA) is 59.8 Å². The Morgan fingerprint density at radius 2 is 2.05 bits per heavy atom. The molecule has 0 aliphatic heterocycles. The lowest BCUT2D eigenvalue weighted by Crippen LogP contribution is -2.18. The summed E-state index contributed by atoms with van der Waals surface area (Å²) in [7, 11) is 1.84. The van der Waals surface area contributed by atoms with E-state index in [1.807, 2.05) is 38.2 Å². The molecule has 20 heavy (non-hydrogen) atoms. The number of nitrogens with one attached hydrogen (secondary N) is 1. The van der Waals surface area contributed by atoms with Crippen molar-refractivity contribution in [3.05, 3.63) is 58.8 Å². The molecular weight excluding hydrogens is 252 g/mol. The molecule has 3 aromatic rings. The van der Waals surface area contributed by atoms with Gasteiger partial charge in [0.2, 0.25) is 0 Å². The normalized spacial score (nSPS) is 10.7. The highest BCUT2D eigenvalue weighted by Gasteiger charge is 2.08. The Kier molecular flexibility index (Phi) is 2.95. The fourth-order valence-corrected chi connectivity index (χ4v) is 2.15. The number of hydrogen-bond acceptors (Lipinski definition) is 4. The van der Waals surface area contributed by atoms with E-state index in [0.717, 1.165) is 16.8 Å². The lowest BCUT2D eigenvalue weighted by molar-refractivity contribution is 0.979. The highest BCUT2D eigenvalue weighted by atomic mass is 16.1. The standard InChI is InChI=1S/C15H14N4O/c1-10-17-9-11-6-7-14(20)19(15(11)18-10)13-5-3-4-12(8-13)16-2/h3-9,16H,1-2H3. The van der Waals surface area contributed by atoms with E-state index in [9.17, 15) is 4.79 Å². The number of pyridine rings is 1. The van der Waals surface area contributed by atoms with Crippen molar-refractivity contribution in [3.8, 4) is 5.69 Å². The summed E-state index contributed by atoms with van der Waals surface area (Å²) in [6.07, 6.45) is 1.73. The molecule has 1 N–H and O–H groups in total. The molecule has 0 aliphatic rings. The first-order chi connectivity index (χ1) is 9.69. The van der Waals surface area contributed by atoms with Crippen molar-refractivity contribution in [2.24, 2.45) is 0 Å². The Morgan fingerprint density at radius 3 is 2.85 bits per heavy atom. The lowest BCUT2D eigenvalue weighted by atomic mass is 10.2. The van der Waals surface area contributed by atoms with Gasteiger partial charge in [-0.3, -0.25) is 9.36 Å². The number of aryl methyl sites for hydroxylation is 1. The summed E-state index contributed by atoms with van der Waals surface area (Å²) in [5.41, 5.74) is 2.24. The number of benzene rings is 1. The Balaban J connectivity index is 2.36. The van der Waals surface area contributed by atoms with E-state index in [2.05, 4.69) is 15.3 Å². The van der Waals surface area contributed by atoms with Crippen LogP contribution in [-0.2, 0) is 0 Å². The monoisotopic (exact) mass is 266 g/mol. The van der Waals surface area contributed by atoms with Crippen LogP contribution in [0.25, 0.3) is 16.7 Å². The molecule has 0 bridgehead atoms. The minimum Gasteiger partial charge on any atom is -0.388 e. The molecule has 0 aliphatic carbocycles. The molecule has 0 unspecified atom stereocenters. The molecule has 0 radical (unpaired) electrons. The van der Waals surface area contributed by atoms with Gasteiger partial charge in [-0.25, -0.2) is 9.97 Å². The second-order valence-electron chi connectivity index (χ2n) is 4.50. The van der Waals surface area contributed by atoms with E-state index in [4.69, 9.17) is 0 Å². The van der Waals surface area contributed by atoms with Gasteiger partial charge in [-0.05, 0) is 31.2 Å². The van der Waals surface area contributed by atoms with Crippen LogP contribution in [0.2, 0.25) is 0 Å². The zero-order valence-electron chi connectivity index (χ0n) is 11.3. The van der Waals surface area contributed by atoms with Crippen molar-refractivity contribution in [1.29, 1.82) is 0 Å². The van der Waals surface area contributed by atoms with Gasteiger partial charge in [-0.15, -0.1) is 0 Å². The smallest absolute Gasteiger partial charge is 0.256 e. The third-order valence-electron chi connectivity index (χ3n) is 3.15. The number of fused-ring (bicyclic) bond motifs is 1. The van der Waals surface area contributed by atoms with Gasteiger partial charge in [0.25, 0.3) is 5.56 Å². The van der Waals surface area contributed by atoms with Crippen LogP contribution >= 0.6 is 0 Å². The third-order valence-corrected chi connectivity index (χ3v) is 3.15. The van der Waals surface area contributed by atoms with Crippen LogP contribution in [0.15, 0.2) is 47.4 Å². The van der Waals surface area contributed by atoms with Crippen LogP contribution in [0.1, 0.15) is 5.82 Å². The number of rotatable bonds is 2. The molecule has 0 amide bonds. The second kappa shape index (κ2) is 4.77. The average molecular weight is 266 g/mol. The maximum atomic E-state index is 12.2. The van der Waals surface area contributed by atoms with Crippen molar-refractivity contribution >= 4 is 16.7 Å². The zero-order valence-corrected chi connectivity index (χ0v) is 11.3. The van der Waals surface area contributed by atoms with Crippen LogP contribution in [-0.4, -0.2) is 21.6 Å². The van der Waals surface area contributed by atoms with Crippen LogP contribution in [0.5, 0.6) is 0 Å². The molecule has 5 heteroatoms. The first-order valence-electron chi connectivity index (χ1n) is 6.32. The molecule has 0 spiro atoms. The van der Waals surface area contributed by atoms with Crippen molar-refractivity contribution < 1.29 is 0 Å². The van der Waals surface area contributed by atoms with Gasteiger partial charge < -0.3 is 5.32 Å². The number of aromatic nitrogens is 3. The third kappa shape index (κ3) is 2.03. The molecule has 0 atom stereocenters. The van der Waals surface area contributed by atoms with Gasteiger partial charge in [-0.2, -0.15) is 0 Å². The summed E-state index contributed by atoms with van der Waals surface area (Å²) in [5, 5.41) is 3.91. The molecule has 0 saturated carbocycles. The fraction of sp³-hybridized carbons (Fsp3) is 0.133. The molecule has 2 heterocycles. The van der Waals surface area contributed by atoms with Gasteiger partial charge in [0, 0.05) is 30.4 Å². The summed E-state index contributed by atoms with van der Waals surface area (Å²) in [4.78, 5) is 20.8. The predicted octanol–water partition coefficient (Wildman–Crippen LogP) is 2.13. The Hall–Kier alpha value is -2.69. The minimum absolute atomic E-state index is 0.108. The summed E-state index contributed by atoms with van der Waals surface area (Å²) >= 11 is 0. The van der Waals surface area contributed by atoms with E-state index in [1.165, 1.54) is 6.07 Å². The zero-order chi connectivity index (χ0) is 14.1. The summed E-state index contributed by atoms with van der Waals surface area (Å²) in [5.74, 6) is 0.640. The van der Waals surface area contributed by atoms with Gasteiger partial charge in [0.1, 0.15) is 5.82 Å². The molecule has 3 rings (SSSR count). The van der Waals surface area contributed by atoms with Crippen molar-refractivity contribution in [2.75, 3.05) is 12.4 Å². The van der Waals surface area contributed by atoms with E-state index in [0.29, 0.717) is 11.5 Å². The number of nitrogens with zero attached hydrogens (tertiary/aromatic N) is 3. The largest absolute Gasteiger partial charge is 0.388 e. The van der Waals surface area contributed by atoms with E-state index < -0.39 is 0 Å². The SMILES string of the molecule is CNc1cccc(-n2c(=O)ccc3cnc(C)nc32)c1. The summed E-state index contributed by atoms with van der Waals surface area (Å²) in [6.45, 7) is 1.81. The van der Waals surface area contributed by atoms with Crippen LogP contribution in [0.3, 0.4) is 0 Å². The Labute approximate surface area is 115 Å². The maximum absolute atomic E-state index is 12.2. The van der Waals surface area contributed by atoms with Crippen molar-refractivity contribution in [2.45, 2.75) is 6.92 Å². The molecule has 100 valence electrons. The maximum Gasteiger partial charge on any atom is 0.256 e. The highest BCUT2D eigenvalue weighted by molar-refractivity contribution is 5.76. The Bertz CT molecular complexity index is 839. The predicted molar refractivity (Wildman–Crippen MR) is 79.4 cm³/mol. The van der Waals surface area contributed by atoms with E-state index in [-0.39, 0.29) is 5.56 Å². The fourth-order valence-electron chi connectivity index (χ4n) is 2.15. The van der Waals surface area contributed by atoms with Crippen molar-refractivity contribution in [3.63, 3.8) is 0 Å². The van der Waals surface area contributed by atoms with Gasteiger partial charge in [0.05, 0.1) is 5.69 Å². The molecule has 5 nitrogen and oxygen atoms in total. The van der Waals surface area contributed by atoms with Crippen LogP contribution in [0.4, 0.5) is 5.69 Å². The lowest BCUT2D eigenvalue weighted by Gasteiger charge is -2.10. The summed E-state index contributed by atoms with van der Waals surface area (Å²) < 4.78 is 1.60. The van der Waals surface area contributed by atoms with E-state index in [1.54, 1.807) is 16.8 Å². The number of hydrogen-bond donors (Lipinski definition) is 1.